The SMILES string of the molecule is COc1ccc(C2SC3C(=NN(c4ccc([N+](=O)[O-])cc4[N+](=O)[O-])C3c3ccc(Cl)cc3)N2c2ccc(N3C4=NN(c5ccc([N+](=O)[O-])cc5[N+](=O)[O-])C(c5ccc(Cl)cc5)C4SC3c3ccc(OC)cc3)cc2)cc1. The van der Waals surface area contributed by atoms with Crippen LogP contribution >= 0.6 is 46.7 Å². The molecule has 2 fully saturated rings. The van der Waals surface area contributed by atoms with Crippen LogP contribution in [0.1, 0.15) is 45.1 Å². The molecule has 7 aromatic carbocycles. The van der Waals surface area contributed by atoms with E-state index in [4.69, 9.17) is 42.9 Å². The first-order valence-corrected chi connectivity index (χ1v) is 25.7. The minimum absolute atomic E-state index is 0.0577. The van der Waals surface area contributed by atoms with Crippen molar-refractivity contribution in [3.63, 3.8) is 0 Å². The van der Waals surface area contributed by atoms with Gasteiger partial charge in [-0.2, -0.15) is 10.2 Å². The first kappa shape index (κ1) is 49.8. The minimum atomic E-state index is -0.683. The molecule has 0 N–H and O–H groups in total. The van der Waals surface area contributed by atoms with Crippen molar-refractivity contribution in [1.29, 1.82) is 0 Å². The van der Waals surface area contributed by atoms with Gasteiger partial charge >= 0.3 is 11.4 Å². The number of hydrogen-bond acceptors (Lipinski definition) is 18. The number of ether oxygens (including phenoxy) is 2. The third-order valence-electron chi connectivity index (χ3n) is 13.4. The van der Waals surface area contributed by atoms with Crippen LogP contribution in [-0.2, 0) is 0 Å². The summed E-state index contributed by atoms with van der Waals surface area (Å²) in [4.78, 5) is 50.5. The topological polar surface area (TPSA) is 229 Å². The number of nitro groups is 4. The predicted molar refractivity (Wildman–Crippen MR) is 293 cm³/mol. The number of hydrazone groups is 2. The quantitative estimate of drug-likeness (QED) is 0.0728. The van der Waals surface area contributed by atoms with Gasteiger partial charge in [0.05, 0.1) is 68.6 Å². The Bertz CT molecular complexity index is 3300. The molecule has 11 rings (SSSR count). The van der Waals surface area contributed by atoms with Crippen molar-refractivity contribution < 1.29 is 29.2 Å². The molecule has 4 heterocycles. The normalized spacial score (nSPS) is 20.5. The van der Waals surface area contributed by atoms with Gasteiger partial charge < -0.3 is 19.3 Å². The Labute approximate surface area is 450 Å². The van der Waals surface area contributed by atoms with E-state index in [0.717, 1.165) is 34.4 Å². The van der Waals surface area contributed by atoms with Crippen LogP contribution in [0, 0.1) is 40.5 Å². The van der Waals surface area contributed by atoms with Crippen molar-refractivity contribution in [2.24, 2.45) is 10.2 Å². The number of anilines is 4. The molecule has 0 spiro atoms. The lowest BCUT2D eigenvalue weighted by Crippen LogP contribution is -2.32. The smallest absolute Gasteiger partial charge is 0.301 e. The maximum atomic E-state index is 12.7. The van der Waals surface area contributed by atoms with Crippen molar-refractivity contribution in [1.82, 2.24) is 0 Å². The van der Waals surface area contributed by atoms with Crippen molar-refractivity contribution in [3.8, 4) is 11.5 Å². The van der Waals surface area contributed by atoms with E-state index < -0.39 is 75.8 Å². The van der Waals surface area contributed by atoms with Gasteiger partial charge in [-0.1, -0.05) is 71.7 Å². The van der Waals surface area contributed by atoms with Gasteiger partial charge in [0, 0.05) is 33.6 Å². The van der Waals surface area contributed by atoms with E-state index >= 15 is 0 Å². The van der Waals surface area contributed by atoms with E-state index in [0.29, 0.717) is 44.6 Å². The molecular weight excluding hydrogens is 1060 g/mol. The fraction of sp³-hybridized carbons (Fsp3) is 0.154. The first-order valence-electron chi connectivity index (χ1n) is 23.1. The van der Waals surface area contributed by atoms with Gasteiger partial charge in [0.1, 0.15) is 45.3 Å². The third kappa shape index (κ3) is 8.87. The van der Waals surface area contributed by atoms with E-state index in [9.17, 15) is 40.5 Å². The molecule has 76 heavy (non-hydrogen) atoms. The highest BCUT2D eigenvalue weighted by Gasteiger charge is 2.54. The molecule has 0 bridgehead atoms. The molecule has 24 heteroatoms. The van der Waals surface area contributed by atoms with Crippen molar-refractivity contribution >= 4 is 104 Å². The van der Waals surface area contributed by atoms with Gasteiger partial charge in [0.15, 0.2) is 0 Å². The predicted octanol–water partition coefficient (Wildman–Crippen LogP) is 13.0. The number of rotatable bonds is 14. The van der Waals surface area contributed by atoms with Crippen LogP contribution in [0.15, 0.2) is 168 Å². The summed E-state index contributed by atoms with van der Waals surface area (Å²) in [5.41, 5.74) is 2.94. The zero-order valence-electron chi connectivity index (χ0n) is 39.6. The first-order chi connectivity index (χ1) is 36.7. The second-order valence-corrected chi connectivity index (χ2v) is 20.9. The molecule has 0 saturated carbocycles. The summed E-state index contributed by atoms with van der Waals surface area (Å²) in [6.07, 6.45) is 0. The Morgan fingerprint density at radius 1 is 0.461 bits per heavy atom. The minimum Gasteiger partial charge on any atom is -0.497 e. The van der Waals surface area contributed by atoms with Gasteiger partial charge in [-0.05, 0) is 107 Å². The molecule has 4 aliphatic rings. The van der Waals surface area contributed by atoms with Crippen LogP contribution in [0.25, 0.3) is 0 Å². The van der Waals surface area contributed by atoms with Gasteiger partial charge in [-0.15, -0.1) is 23.5 Å². The third-order valence-corrected chi connectivity index (χ3v) is 16.9. The molecule has 382 valence electrons. The molecule has 6 unspecified atom stereocenters. The molecule has 4 aliphatic heterocycles. The number of amidine groups is 2. The zero-order valence-corrected chi connectivity index (χ0v) is 42.7. The lowest BCUT2D eigenvalue weighted by atomic mass is 10.0. The van der Waals surface area contributed by atoms with Gasteiger partial charge in [-0.25, -0.2) is 10.0 Å². The molecule has 2 saturated heterocycles. The van der Waals surface area contributed by atoms with E-state index in [1.54, 1.807) is 72.0 Å². The second-order valence-electron chi connectivity index (χ2n) is 17.6. The monoisotopic (exact) mass is 1100 g/mol. The molecule has 0 aromatic heterocycles. The number of nitro benzene ring substituents is 4. The second kappa shape index (κ2) is 20.0. The summed E-state index contributed by atoms with van der Waals surface area (Å²) in [5, 5.41) is 61.8. The Kier molecular flexibility index (Phi) is 13.1. The fourth-order valence-corrected chi connectivity index (χ4v) is 13.4. The summed E-state index contributed by atoms with van der Waals surface area (Å²) >= 11 is 16.0. The van der Waals surface area contributed by atoms with Gasteiger partial charge in [-0.3, -0.25) is 40.5 Å². The molecule has 0 radical (unpaired) electrons. The van der Waals surface area contributed by atoms with E-state index in [2.05, 4.69) is 9.80 Å². The summed E-state index contributed by atoms with van der Waals surface area (Å²) in [6, 6.07) is 43.1. The van der Waals surface area contributed by atoms with Crippen LogP contribution in [0.5, 0.6) is 11.5 Å². The Morgan fingerprint density at radius 2 is 0.803 bits per heavy atom. The van der Waals surface area contributed by atoms with Crippen molar-refractivity contribution in [3.05, 3.63) is 230 Å². The number of benzene rings is 7. The lowest BCUT2D eigenvalue weighted by molar-refractivity contribution is -0.394. The number of fused-ring (bicyclic) bond motifs is 2. The standard InChI is InChI=1S/C52H38Cl2N10O10S2/c1-73-39-21-7-31(8-22-39)51-57(49-47(75-51)45(29-3-11-33(53)12-4-29)59(55-49)41-25-19-37(61(65)66)27-43(41)63(69)70)35-15-17-36(18-16-35)58-50-48(76-52(58)32-9-23-40(74-2)24-10-32)46(30-5-13-34(54)14-6-30)60(56-50)42-26-20-38(62(67)68)28-44(42)64(71)72/h3-28,45-48,51-52H,1-2H3. The maximum Gasteiger partial charge on any atom is 0.301 e. The highest BCUT2D eigenvalue weighted by molar-refractivity contribution is 8.02. The van der Waals surface area contributed by atoms with Crippen molar-refractivity contribution in [2.45, 2.75) is 33.3 Å². The Balaban J connectivity index is 1.05. The molecule has 0 amide bonds. The van der Waals surface area contributed by atoms with Crippen LogP contribution in [0.2, 0.25) is 10.0 Å². The molecule has 0 aliphatic carbocycles. The highest BCUT2D eigenvalue weighted by Crippen LogP contribution is 2.58. The van der Waals surface area contributed by atoms with Gasteiger partial charge in [0.2, 0.25) is 0 Å². The Morgan fingerprint density at radius 3 is 1.12 bits per heavy atom. The maximum absolute atomic E-state index is 12.7. The number of halogens is 2. The number of nitrogens with zero attached hydrogens (tertiary/aromatic N) is 10. The molecule has 20 nitrogen and oxygen atoms in total. The molecule has 7 aromatic rings. The van der Waals surface area contributed by atoms with E-state index in [-0.39, 0.29) is 11.4 Å². The highest BCUT2D eigenvalue weighted by atomic mass is 35.5. The van der Waals surface area contributed by atoms with Crippen LogP contribution in [0.4, 0.5) is 45.5 Å². The van der Waals surface area contributed by atoms with Crippen LogP contribution in [-0.4, -0.2) is 56.1 Å². The summed E-state index contributed by atoms with van der Waals surface area (Å²) in [6.45, 7) is 0. The van der Waals surface area contributed by atoms with Crippen LogP contribution in [0.3, 0.4) is 0 Å². The average Bonchev–Trinajstić information content (AvgIpc) is 4.20. The number of hydrogen-bond donors (Lipinski definition) is 0. The molecular formula is C52H38Cl2N10O10S2. The Hall–Kier alpha value is -8.44. The summed E-state index contributed by atoms with van der Waals surface area (Å²) < 4.78 is 11.0. The largest absolute Gasteiger partial charge is 0.497 e. The van der Waals surface area contributed by atoms with Gasteiger partial charge in [0.25, 0.3) is 11.4 Å². The average molecular weight is 1100 g/mol. The molecule has 6 atom stereocenters. The van der Waals surface area contributed by atoms with E-state index in [1.165, 1.54) is 24.3 Å². The van der Waals surface area contributed by atoms with Crippen LogP contribution < -0.4 is 29.3 Å². The fourth-order valence-electron chi connectivity index (χ4n) is 9.87. The zero-order chi connectivity index (χ0) is 53.1. The summed E-state index contributed by atoms with van der Waals surface area (Å²) in [7, 11) is 3.17. The van der Waals surface area contributed by atoms with Crippen molar-refractivity contribution in [2.75, 3.05) is 34.0 Å². The number of thioether (sulfide) groups is 2. The number of non-ortho nitro benzene ring substituents is 2. The number of methoxy groups -OCH3 is 2. The van der Waals surface area contributed by atoms with E-state index in [1.807, 2.05) is 97.1 Å². The summed E-state index contributed by atoms with van der Waals surface area (Å²) in [5.74, 6) is 2.42. The lowest BCUT2D eigenvalue weighted by Gasteiger charge is -2.30.